The fraction of sp³-hybridized carbons (Fsp3) is 0.353. The fourth-order valence-corrected chi connectivity index (χ4v) is 2.40. The molecule has 1 amide bonds. The highest BCUT2D eigenvalue weighted by atomic mass is 35.5. The molecular formula is C17H22ClN5O4. The van der Waals surface area contributed by atoms with E-state index in [1.54, 1.807) is 13.0 Å². The van der Waals surface area contributed by atoms with E-state index in [2.05, 4.69) is 15.7 Å². The summed E-state index contributed by atoms with van der Waals surface area (Å²) in [4.78, 5) is 35.1. The van der Waals surface area contributed by atoms with Gasteiger partial charge in [0.05, 0.1) is 4.92 Å². The van der Waals surface area contributed by atoms with E-state index in [0.29, 0.717) is 18.8 Å². The molecule has 1 aromatic heterocycles. The lowest BCUT2D eigenvalue weighted by Crippen LogP contribution is -2.36. The summed E-state index contributed by atoms with van der Waals surface area (Å²) in [5.74, 6) is -0.611. The third kappa shape index (κ3) is 5.60. The number of amides is 1. The van der Waals surface area contributed by atoms with E-state index in [9.17, 15) is 19.7 Å². The molecule has 2 N–H and O–H groups in total. The molecule has 27 heavy (non-hydrogen) atoms. The van der Waals surface area contributed by atoms with Gasteiger partial charge in [0.25, 0.3) is 11.6 Å². The smallest absolute Gasteiger partial charge is 0.294 e. The molecule has 0 saturated carbocycles. The molecular weight excluding hydrogens is 374 g/mol. The number of carbonyl (C=O) groups is 1. The molecule has 1 aromatic carbocycles. The second-order valence-electron chi connectivity index (χ2n) is 5.66. The van der Waals surface area contributed by atoms with Crippen LogP contribution in [0.3, 0.4) is 0 Å². The minimum absolute atomic E-state index is 0. The maximum absolute atomic E-state index is 12.3. The zero-order valence-corrected chi connectivity index (χ0v) is 15.9. The normalized spacial score (nSPS) is 10.1. The summed E-state index contributed by atoms with van der Waals surface area (Å²) >= 11 is 0. The number of nitro benzene ring substituents is 1. The molecule has 0 aliphatic rings. The number of rotatable bonds is 8. The van der Waals surface area contributed by atoms with Crippen LogP contribution in [0.2, 0.25) is 0 Å². The second-order valence-corrected chi connectivity index (χ2v) is 5.66. The Balaban J connectivity index is 0.00000364. The SMILES string of the molecule is CCCNCCNC(=O)c1nn(-c2ccccc2[N+](=O)[O-])c(C)cc1=O.Cl. The number of hydrogen-bond acceptors (Lipinski definition) is 6. The summed E-state index contributed by atoms with van der Waals surface area (Å²) in [6.07, 6.45) is 0.980. The Labute approximate surface area is 162 Å². The van der Waals surface area contributed by atoms with E-state index in [0.717, 1.165) is 13.0 Å². The molecule has 0 spiro atoms. The minimum Gasteiger partial charge on any atom is -0.349 e. The monoisotopic (exact) mass is 395 g/mol. The summed E-state index contributed by atoms with van der Waals surface area (Å²) < 4.78 is 1.24. The summed E-state index contributed by atoms with van der Waals surface area (Å²) in [6.45, 7) is 5.39. The van der Waals surface area contributed by atoms with Crippen molar-refractivity contribution in [2.45, 2.75) is 20.3 Å². The summed E-state index contributed by atoms with van der Waals surface area (Å²) in [5, 5.41) is 21.1. The highest BCUT2D eigenvalue weighted by molar-refractivity contribution is 5.92. The van der Waals surface area contributed by atoms with E-state index < -0.39 is 16.3 Å². The van der Waals surface area contributed by atoms with Crippen LogP contribution in [0, 0.1) is 17.0 Å². The number of para-hydroxylation sites is 2. The van der Waals surface area contributed by atoms with Gasteiger partial charge in [-0.25, -0.2) is 4.68 Å². The average molecular weight is 396 g/mol. The predicted molar refractivity (Wildman–Crippen MR) is 104 cm³/mol. The molecule has 146 valence electrons. The van der Waals surface area contributed by atoms with Crippen LogP contribution in [0.1, 0.15) is 29.5 Å². The number of nitro groups is 1. The Kier molecular flexibility index (Phi) is 8.57. The molecule has 0 bridgehead atoms. The maximum atomic E-state index is 12.3. The lowest BCUT2D eigenvalue weighted by molar-refractivity contribution is -0.384. The van der Waals surface area contributed by atoms with Crippen LogP contribution < -0.4 is 16.1 Å². The summed E-state index contributed by atoms with van der Waals surface area (Å²) in [6, 6.07) is 7.26. The van der Waals surface area contributed by atoms with E-state index >= 15 is 0 Å². The average Bonchev–Trinajstić information content (AvgIpc) is 2.61. The molecule has 0 aliphatic carbocycles. The number of carbonyl (C=O) groups excluding carboxylic acids is 1. The lowest BCUT2D eigenvalue weighted by Gasteiger charge is -2.11. The number of aromatic nitrogens is 2. The number of nitrogens with zero attached hydrogens (tertiary/aromatic N) is 3. The lowest BCUT2D eigenvalue weighted by atomic mass is 10.2. The molecule has 0 unspecified atom stereocenters. The number of benzene rings is 1. The van der Waals surface area contributed by atoms with Crippen molar-refractivity contribution in [2.75, 3.05) is 19.6 Å². The van der Waals surface area contributed by atoms with Gasteiger partial charge in [-0.15, -0.1) is 12.4 Å². The first-order valence-corrected chi connectivity index (χ1v) is 8.29. The molecule has 2 aromatic rings. The molecule has 0 radical (unpaired) electrons. The largest absolute Gasteiger partial charge is 0.349 e. The Hall–Kier alpha value is -2.78. The van der Waals surface area contributed by atoms with Gasteiger partial charge in [-0.05, 0) is 26.0 Å². The van der Waals surface area contributed by atoms with Gasteiger partial charge in [-0.2, -0.15) is 5.10 Å². The third-order valence-electron chi connectivity index (χ3n) is 3.64. The van der Waals surface area contributed by atoms with Crippen LogP contribution >= 0.6 is 12.4 Å². The highest BCUT2D eigenvalue weighted by Gasteiger charge is 2.19. The van der Waals surface area contributed by atoms with Crippen molar-refractivity contribution in [1.82, 2.24) is 20.4 Å². The van der Waals surface area contributed by atoms with Gasteiger partial charge in [-0.3, -0.25) is 19.7 Å². The van der Waals surface area contributed by atoms with Crippen molar-refractivity contribution in [1.29, 1.82) is 0 Å². The van der Waals surface area contributed by atoms with Crippen molar-refractivity contribution in [2.24, 2.45) is 0 Å². The van der Waals surface area contributed by atoms with Gasteiger partial charge in [0.1, 0.15) is 5.69 Å². The minimum atomic E-state index is -0.611. The first-order chi connectivity index (χ1) is 12.5. The molecule has 9 nitrogen and oxygen atoms in total. The quantitative estimate of drug-likeness (QED) is 0.398. The summed E-state index contributed by atoms with van der Waals surface area (Å²) in [7, 11) is 0. The zero-order chi connectivity index (χ0) is 19.1. The highest BCUT2D eigenvalue weighted by Crippen LogP contribution is 2.22. The predicted octanol–water partition coefficient (Wildman–Crippen LogP) is 1.60. The Morgan fingerprint density at radius 2 is 1.96 bits per heavy atom. The van der Waals surface area contributed by atoms with Gasteiger partial charge < -0.3 is 10.6 Å². The Morgan fingerprint density at radius 1 is 1.26 bits per heavy atom. The maximum Gasteiger partial charge on any atom is 0.294 e. The third-order valence-corrected chi connectivity index (χ3v) is 3.64. The topological polar surface area (TPSA) is 119 Å². The van der Waals surface area contributed by atoms with Crippen LogP contribution in [0.5, 0.6) is 0 Å². The number of halogens is 1. The van der Waals surface area contributed by atoms with Crippen molar-refractivity contribution in [3.8, 4) is 5.69 Å². The molecule has 2 rings (SSSR count). The van der Waals surface area contributed by atoms with Crippen LogP contribution in [0.25, 0.3) is 5.69 Å². The fourth-order valence-electron chi connectivity index (χ4n) is 2.40. The Morgan fingerprint density at radius 3 is 2.63 bits per heavy atom. The summed E-state index contributed by atoms with van der Waals surface area (Å²) in [5.41, 5.74) is -0.415. The van der Waals surface area contributed by atoms with Gasteiger partial charge in [0, 0.05) is 30.9 Å². The number of hydrogen-bond donors (Lipinski definition) is 2. The van der Waals surface area contributed by atoms with E-state index in [1.165, 1.54) is 28.9 Å². The molecule has 10 heteroatoms. The zero-order valence-electron chi connectivity index (χ0n) is 15.1. The number of nitrogens with one attached hydrogen (secondary N) is 2. The van der Waals surface area contributed by atoms with Gasteiger partial charge in [-0.1, -0.05) is 19.1 Å². The molecule has 0 fully saturated rings. The van der Waals surface area contributed by atoms with Crippen LogP contribution in [-0.4, -0.2) is 40.2 Å². The van der Waals surface area contributed by atoms with E-state index in [1.807, 2.05) is 6.92 Å². The van der Waals surface area contributed by atoms with Crippen LogP contribution in [0.4, 0.5) is 5.69 Å². The number of aryl methyl sites for hydroxylation is 1. The molecule has 0 atom stereocenters. The molecule has 1 heterocycles. The van der Waals surface area contributed by atoms with Gasteiger partial charge >= 0.3 is 0 Å². The van der Waals surface area contributed by atoms with Gasteiger partial charge in [0.15, 0.2) is 5.69 Å². The standard InChI is InChI=1S/C17H21N5O4.ClH/c1-3-8-18-9-10-19-17(24)16-15(23)11-12(2)21(20-16)13-6-4-5-7-14(13)22(25)26;/h4-7,11,18H,3,8-10H2,1-2H3,(H,19,24);1H. The van der Waals surface area contributed by atoms with Crippen molar-refractivity contribution in [3.05, 3.63) is 62.1 Å². The van der Waals surface area contributed by atoms with Crippen LogP contribution in [-0.2, 0) is 0 Å². The molecule has 0 saturated heterocycles. The van der Waals surface area contributed by atoms with Gasteiger partial charge in [0.2, 0.25) is 5.43 Å². The second kappa shape index (κ2) is 10.4. The van der Waals surface area contributed by atoms with E-state index in [-0.39, 0.29) is 29.5 Å². The first kappa shape index (κ1) is 22.3. The van der Waals surface area contributed by atoms with Crippen molar-refractivity contribution >= 4 is 24.0 Å². The van der Waals surface area contributed by atoms with Crippen molar-refractivity contribution < 1.29 is 9.72 Å². The van der Waals surface area contributed by atoms with Crippen molar-refractivity contribution in [3.63, 3.8) is 0 Å². The van der Waals surface area contributed by atoms with Crippen LogP contribution in [0.15, 0.2) is 35.1 Å². The van der Waals surface area contributed by atoms with E-state index in [4.69, 9.17) is 0 Å². The molecule has 0 aliphatic heterocycles. The first-order valence-electron chi connectivity index (χ1n) is 8.29. The Bertz CT molecular complexity index is 869.